The molecule has 0 aliphatic carbocycles. The molecule has 3 rings (SSSR count). The Hall–Kier alpha value is -2.00. The van der Waals surface area contributed by atoms with E-state index in [9.17, 15) is 0 Å². The van der Waals surface area contributed by atoms with Crippen LogP contribution in [0.4, 0.5) is 17.6 Å². The number of rotatable bonds is 3. The summed E-state index contributed by atoms with van der Waals surface area (Å²) in [6, 6.07) is 7.49. The van der Waals surface area contributed by atoms with Gasteiger partial charge in [0.2, 0.25) is 11.9 Å². The van der Waals surface area contributed by atoms with Gasteiger partial charge in [-0.1, -0.05) is 15.9 Å². The highest BCUT2D eigenvalue weighted by atomic mass is 79.9. The molecule has 9 heteroatoms. The van der Waals surface area contributed by atoms with Crippen LogP contribution in [0.3, 0.4) is 0 Å². The Morgan fingerprint density at radius 1 is 1.14 bits per heavy atom. The van der Waals surface area contributed by atoms with E-state index in [1.165, 1.54) is 4.68 Å². The summed E-state index contributed by atoms with van der Waals surface area (Å²) in [5.41, 5.74) is 6.53. The standard InChI is InChI=1S/C12H9Br2N7/c13-7-2-3-9(8(14)6-7)17-11-18-10(15)19-12(20-11)21-5-1-4-16-21/h1-6H,(H3,15,17,18,19,20). The molecule has 0 aliphatic heterocycles. The second-order valence-electron chi connectivity index (χ2n) is 4.02. The van der Waals surface area contributed by atoms with Gasteiger partial charge in [0.05, 0.1) is 5.69 Å². The van der Waals surface area contributed by atoms with Crippen LogP contribution < -0.4 is 11.1 Å². The lowest BCUT2D eigenvalue weighted by atomic mass is 10.3. The molecule has 7 nitrogen and oxygen atoms in total. The Morgan fingerprint density at radius 3 is 2.71 bits per heavy atom. The lowest BCUT2D eigenvalue weighted by molar-refractivity contribution is 0.801. The summed E-state index contributed by atoms with van der Waals surface area (Å²) in [4.78, 5) is 12.4. The molecule has 0 saturated carbocycles. The Labute approximate surface area is 136 Å². The van der Waals surface area contributed by atoms with Crippen molar-refractivity contribution < 1.29 is 0 Å². The van der Waals surface area contributed by atoms with Gasteiger partial charge in [-0.05, 0) is 40.2 Å². The number of nitrogens with two attached hydrogens (primary N) is 1. The van der Waals surface area contributed by atoms with Crippen LogP contribution in [0.15, 0.2) is 45.6 Å². The maximum Gasteiger partial charge on any atom is 0.257 e. The number of halogens is 2. The van der Waals surface area contributed by atoms with E-state index < -0.39 is 0 Å². The highest BCUT2D eigenvalue weighted by Crippen LogP contribution is 2.28. The number of nitrogen functional groups attached to an aromatic ring is 1. The molecule has 0 atom stereocenters. The highest BCUT2D eigenvalue weighted by molar-refractivity contribution is 9.11. The van der Waals surface area contributed by atoms with Crippen molar-refractivity contribution in [3.63, 3.8) is 0 Å². The second kappa shape index (κ2) is 5.78. The number of nitrogens with zero attached hydrogens (tertiary/aromatic N) is 5. The first kappa shape index (κ1) is 14.0. The third-order valence-electron chi connectivity index (χ3n) is 2.53. The summed E-state index contributed by atoms with van der Waals surface area (Å²) in [7, 11) is 0. The Bertz CT molecular complexity index is 773. The minimum atomic E-state index is 0.117. The van der Waals surface area contributed by atoms with Crippen LogP contribution in [0, 0.1) is 0 Å². The third kappa shape index (κ3) is 3.19. The van der Waals surface area contributed by atoms with Crippen molar-refractivity contribution in [2.45, 2.75) is 0 Å². The molecule has 0 amide bonds. The zero-order chi connectivity index (χ0) is 14.8. The van der Waals surface area contributed by atoms with E-state index in [0.29, 0.717) is 11.9 Å². The van der Waals surface area contributed by atoms with Gasteiger partial charge in [0.25, 0.3) is 5.95 Å². The van der Waals surface area contributed by atoms with E-state index in [4.69, 9.17) is 5.73 Å². The topological polar surface area (TPSA) is 94.5 Å². The first-order valence-electron chi connectivity index (χ1n) is 5.85. The van der Waals surface area contributed by atoms with E-state index >= 15 is 0 Å². The Kier molecular flexibility index (Phi) is 3.84. The van der Waals surface area contributed by atoms with Crippen LogP contribution >= 0.6 is 31.9 Å². The van der Waals surface area contributed by atoms with Gasteiger partial charge in [0.1, 0.15) is 0 Å². The first-order valence-corrected chi connectivity index (χ1v) is 7.44. The molecular weight excluding hydrogens is 402 g/mol. The summed E-state index contributed by atoms with van der Waals surface area (Å²) in [5.74, 6) is 0.811. The largest absolute Gasteiger partial charge is 0.368 e. The average Bonchev–Trinajstić information content (AvgIpc) is 2.95. The fraction of sp³-hybridized carbons (Fsp3) is 0. The molecule has 0 saturated heterocycles. The number of hydrogen-bond donors (Lipinski definition) is 2. The van der Waals surface area contributed by atoms with E-state index in [-0.39, 0.29) is 5.95 Å². The molecule has 2 heterocycles. The van der Waals surface area contributed by atoms with Crippen LogP contribution in [-0.4, -0.2) is 24.7 Å². The van der Waals surface area contributed by atoms with E-state index in [1.807, 2.05) is 18.2 Å². The number of hydrogen-bond acceptors (Lipinski definition) is 6. The van der Waals surface area contributed by atoms with Gasteiger partial charge in [-0.25, -0.2) is 4.68 Å². The fourth-order valence-corrected chi connectivity index (χ4v) is 2.78. The van der Waals surface area contributed by atoms with Crippen molar-refractivity contribution >= 4 is 49.4 Å². The number of benzene rings is 1. The van der Waals surface area contributed by atoms with E-state index in [0.717, 1.165) is 14.6 Å². The normalized spacial score (nSPS) is 10.6. The van der Waals surface area contributed by atoms with Crippen molar-refractivity contribution in [3.8, 4) is 5.95 Å². The quantitative estimate of drug-likeness (QED) is 0.689. The zero-order valence-corrected chi connectivity index (χ0v) is 13.7. The first-order chi connectivity index (χ1) is 10.1. The summed E-state index contributed by atoms with van der Waals surface area (Å²) in [6.45, 7) is 0. The smallest absolute Gasteiger partial charge is 0.257 e. The van der Waals surface area contributed by atoms with Crippen LogP contribution in [0.25, 0.3) is 5.95 Å². The molecule has 3 aromatic rings. The summed E-state index contributed by atoms with van der Waals surface area (Å²) < 4.78 is 3.35. The predicted octanol–water partition coefficient (Wildman–Crippen LogP) is 2.91. The van der Waals surface area contributed by atoms with Gasteiger partial charge in [-0.15, -0.1) is 0 Å². The molecule has 1 aromatic carbocycles. The van der Waals surface area contributed by atoms with Crippen molar-refractivity contribution in [1.82, 2.24) is 24.7 Å². The lowest BCUT2D eigenvalue weighted by Gasteiger charge is -2.09. The van der Waals surface area contributed by atoms with Gasteiger partial charge < -0.3 is 11.1 Å². The average molecular weight is 411 g/mol. The molecule has 3 N–H and O–H groups in total. The van der Waals surface area contributed by atoms with Crippen LogP contribution in [-0.2, 0) is 0 Å². The highest BCUT2D eigenvalue weighted by Gasteiger charge is 2.08. The Morgan fingerprint density at radius 2 is 2.00 bits per heavy atom. The number of aromatic nitrogens is 5. The minimum absolute atomic E-state index is 0.117. The molecular formula is C12H9Br2N7. The van der Waals surface area contributed by atoms with Crippen molar-refractivity contribution in [3.05, 3.63) is 45.6 Å². The van der Waals surface area contributed by atoms with Crippen LogP contribution in [0.1, 0.15) is 0 Å². The summed E-state index contributed by atoms with van der Waals surface area (Å²) in [6.07, 6.45) is 3.37. The summed E-state index contributed by atoms with van der Waals surface area (Å²) >= 11 is 6.87. The van der Waals surface area contributed by atoms with Crippen molar-refractivity contribution in [1.29, 1.82) is 0 Å². The maximum absolute atomic E-state index is 5.72. The van der Waals surface area contributed by atoms with Gasteiger partial charge in [0, 0.05) is 21.3 Å². The molecule has 21 heavy (non-hydrogen) atoms. The van der Waals surface area contributed by atoms with E-state index in [2.05, 4.69) is 57.2 Å². The fourth-order valence-electron chi connectivity index (χ4n) is 1.64. The molecule has 0 aliphatic rings. The second-order valence-corrected chi connectivity index (χ2v) is 5.79. The summed E-state index contributed by atoms with van der Waals surface area (Å²) in [5, 5.41) is 7.16. The minimum Gasteiger partial charge on any atom is -0.368 e. The van der Waals surface area contributed by atoms with Gasteiger partial charge in [-0.3, -0.25) is 0 Å². The lowest BCUT2D eigenvalue weighted by Crippen LogP contribution is -2.09. The predicted molar refractivity (Wildman–Crippen MR) is 86.5 cm³/mol. The molecule has 2 aromatic heterocycles. The third-order valence-corrected chi connectivity index (χ3v) is 3.68. The molecule has 0 bridgehead atoms. The molecule has 106 valence electrons. The van der Waals surface area contributed by atoms with Gasteiger partial charge >= 0.3 is 0 Å². The maximum atomic E-state index is 5.72. The van der Waals surface area contributed by atoms with Gasteiger partial charge in [0.15, 0.2) is 0 Å². The van der Waals surface area contributed by atoms with Crippen LogP contribution in [0.5, 0.6) is 0 Å². The van der Waals surface area contributed by atoms with E-state index in [1.54, 1.807) is 18.5 Å². The SMILES string of the molecule is Nc1nc(Nc2ccc(Br)cc2Br)nc(-n2cccn2)n1. The van der Waals surface area contributed by atoms with Gasteiger partial charge in [-0.2, -0.15) is 20.1 Å². The molecule has 0 unspecified atom stereocenters. The van der Waals surface area contributed by atoms with Crippen LogP contribution in [0.2, 0.25) is 0 Å². The monoisotopic (exact) mass is 409 g/mol. The number of anilines is 3. The van der Waals surface area contributed by atoms with Crippen molar-refractivity contribution in [2.75, 3.05) is 11.1 Å². The molecule has 0 spiro atoms. The number of nitrogens with one attached hydrogen (secondary N) is 1. The molecule has 0 fully saturated rings. The zero-order valence-electron chi connectivity index (χ0n) is 10.5. The van der Waals surface area contributed by atoms with Crippen molar-refractivity contribution in [2.24, 2.45) is 0 Å². The molecule has 0 radical (unpaired) electrons. The Balaban J connectivity index is 1.95.